The predicted octanol–water partition coefficient (Wildman–Crippen LogP) is 17.5. The first-order valence-corrected chi connectivity index (χ1v) is 26.9. The topological polar surface area (TPSA) is 130 Å². The van der Waals surface area contributed by atoms with E-state index in [-0.39, 0.29) is 43.9 Å². The van der Waals surface area contributed by atoms with Crippen molar-refractivity contribution in [3.63, 3.8) is 0 Å². The van der Waals surface area contributed by atoms with E-state index in [2.05, 4.69) is 172 Å². The fourth-order valence-corrected chi connectivity index (χ4v) is 8.14. The second-order valence-corrected chi connectivity index (χ2v) is 20.7. The second kappa shape index (κ2) is 33.9. The van der Waals surface area contributed by atoms with Crippen LogP contribution in [-0.2, 0) is 26.2 Å². The zero-order valence-electron chi connectivity index (χ0n) is 48.2. The maximum absolute atomic E-state index is 12.4. The Morgan fingerprint density at radius 2 is 0.487 bits per heavy atom. The van der Waals surface area contributed by atoms with Crippen molar-refractivity contribution in [2.24, 2.45) is 15.0 Å². The summed E-state index contributed by atoms with van der Waals surface area (Å²) in [5.74, 6) is 1.51. The van der Waals surface area contributed by atoms with Crippen molar-refractivity contribution in [1.29, 1.82) is 0 Å². The average Bonchev–Trinajstić information content (AvgIpc) is 3.42. The Bertz CT molecular complexity index is 2670. The van der Waals surface area contributed by atoms with Crippen molar-refractivity contribution in [2.75, 3.05) is 0 Å². The minimum absolute atomic E-state index is 0. The number of nitrogens with one attached hydrogen (secondary N) is 1. The van der Waals surface area contributed by atoms with E-state index in [0.717, 1.165) is 50.4 Å². The summed E-state index contributed by atoms with van der Waals surface area (Å²) >= 11 is 0. The third-order valence-electron chi connectivity index (χ3n) is 12.4. The van der Waals surface area contributed by atoms with Crippen molar-refractivity contribution in [2.45, 2.75) is 126 Å². The first-order valence-electron chi connectivity index (χ1n) is 26.9. The summed E-state index contributed by atoms with van der Waals surface area (Å²) in [7, 11) is 0. The van der Waals surface area contributed by atoms with Gasteiger partial charge >= 0.3 is 26.2 Å². The van der Waals surface area contributed by atoms with Crippen molar-refractivity contribution in [3.8, 4) is 0 Å². The third-order valence-corrected chi connectivity index (χ3v) is 12.4. The molecule has 0 saturated carbocycles. The van der Waals surface area contributed by atoms with Gasteiger partial charge in [0, 0.05) is 0 Å². The van der Waals surface area contributed by atoms with E-state index in [1.54, 1.807) is 48.5 Å². The zero-order valence-corrected chi connectivity index (χ0v) is 50.6. The Hall–Kier alpha value is -7.15. The number of aliphatic imine (C=N–C) groups is 3. The molecule has 0 aromatic heterocycles. The van der Waals surface area contributed by atoms with Gasteiger partial charge < -0.3 is 21.1 Å². The molecule has 7 nitrogen and oxygen atoms in total. The molecule has 0 spiro atoms. The third kappa shape index (κ3) is 21.0. The number of benzene rings is 8. The van der Waals surface area contributed by atoms with Crippen LogP contribution >= 0.6 is 0 Å². The van der Waals surface area contributed by atoms with Gasteiger partial charge in [-0.15, -0.1) is 5.69 Å². The standard InChI is InChI=1S/3C19H23NO.C7H8.C6H6N.Zr/c3*1-13(2)16-11-8-12-17(14(3)4)18(16)20-19(21)15-9-6-5-7-10-15;1-7-5-3-2-4-6-7;7-6-4-2-1-3-5-6;/h3*5-14H,1-4H3,(H,20,21);2-6H,1H3;1-5,7H;/q;;;;-1;+4/p-3. The minimum Gasteiger partial charge on any atom is -0.858 e. The largest absolute Gasteiger partial charge is 4.00 e. The van der Waals surface area contributed by atoms with Crippen LogP contribution in [0.5, 0.6) is 0 Å². The van der Waals surface area contributed by atoms with Crippen LogP contribution in [0.1, 0.15) is 174 Å². The van der Waals surface area contributed by atoms with E-state index in [1.807, 2.05) is 91.0 Å². The second-order valence-electron chi connectivity index (χ2n) is 20.7. The molecule has 0 bridgehead atoms. The molecule has 1 N–H and O–H groups in total. The van der Waals surface area contributed by atoms with Crippen molar-refractivity contribution in [1.82, 2.24) is 0 Å². The van der Waals surface area contributed by atoms with Crippen LogP contribution in [0, 0.1) is 6.92 Å². The van der Waals surface area contributed by atoms with Crippen LogP contribution in [0.2, 0.25) is 0 Å². The van der Waals surface area contributed by atoms with Gasteiger partial charge in [0.15, 0.2) is 0 Å². The Balaban J connectivity index is 0.000000271. The van der Waals surface area contributed by atoms with E-state index < -0.39 is 0 Å². The molecule has 8 rings (SSSR count). The summed E-state index contributed by atoms with van der Waals surface area (Å²) in [5, 5.41) is 37.2. The van der Waals surface area contributed by atoms with E-state index in [0.29, 0.717) is 57.9 Å². The number of para-hydroxylation sites is 3. The maximum Gasteiger partial charge on any atom is 4.00 e. The molecule has 8 aromatic carbocycles. The van der Waals surface area contributed by atoms with Crippen molar-refractivity contribution in [3.05, 3.63) is 268 Å². The zero-order chi connectivity index (χ0) is 56.4. The van der Waals surface area contributed by atoms with Gasteiger partial charge in [0.05, 0.1) is 17.1 Å². The first kappa shape index (κ1) is 65.1. The molecule has 0 aliphatic rings. The molecule has 0 fully saturated rings. The Labute approximate surface area is 487 Å². The first-order chi connectivity index (χ1) is 36.8. The van der Waals surface area contributed by atoms with Crippen LogP contribution in [0.25, 0.3) is 5.73 Å². The molecule has 0 unspecified atom stereocenters. The number of rotatable bonds is 12. The summed E-state index contributed by atoms with van der Waals surface area (Å²) in [5.41, 5.74) is 20.1. The van der Waals surface area contributed by atoms with Gasteiger partial charge in [-0.05, 0) is 110 Å². The summed E-state index contributed by atoms with van der Waals surface area (Å²) in [6.07, 6.45) is 0. The molecular weight excluding hydrogens is 1040 g/mol. The van der Waals surface area contributed by atoms with Gasteiger partial charge in [-0.2, -0.15) is 0 Å². The fourth-order valence-electron chi connectivity index (χ4n) is 8.14. The van der Waals surface area contributed by atoms with Gasteiger partial charge in [-0.3, -0.25) is 15.0 Å². The molecule has 402 valence electrons. The van der Waals surface area contributed by atoms with E-state index in [1.165, 1.54) is 5.56 Å². The van der Waals surface area contributed by atoms with Gasteiger partial charge in [0.25, 0.3) is 0 Å². The van der Waals surface area contributed by atoms with Gasteiger partial charge in [-0.25, -0.2) is 0 Å². The Morgan fingerprint density at radius 3 is 0.641 bits per heavy atom. The number of hydrogen-bond acceptors (Lipinski definition) is 6. The van der Waals surface area contributed by atoms with Crippen LogP contribution in [0.3, 0.4) is 0 Å². The Morgan fingerprint density at radius 1 is 0.295 bits per heavy atom. The average molecular weight is 1120 g/mol. The fraction of sp³-hybridized carbons (Fsp3) is 0.271. The molecule has 8 aromatic rings. The van der Waals surface area contributed by atoms with Gasteiger partial charge in [-0.1, -0.05) is 295 Å². The van der Waals surface area contributed by atoms with E-state index in [4.69, 9.17) is 5.73 Å². The molecule has 0 heterocycles. The predicted molar refractivity (Wildman–Crippen MR) is 323 cm³/mol. The van der Waals surface area contributed by atoms with Crippen LogP contribution in [0.4, 0.5) is 22.7 Å². The molecular formula is C70H80N4O3Zr. The quantitative estimate of drug-likeness (QED) is 0.0892. The van der Waals surface area contributed by atoms with Crippen molar-refractivity contribution < 1.29 is 41.5 Å². The van der Waals surface area contributed by atoms with E-state index >= 15 is 0 Å². The smallest absolute Gasteiger partial charge is 0.858 e. The number of aryl methyl sites for hydroxylation is 1. The Kier molecular flexibility index (Phi) is 28.3. The van der Waals surface area contributed by atoms with Crippen LogP contribution in [0.15, 0.2) is 221 Å². The van der Waals surface area contributed by atoms with Gasteiger partial charge in [0.2, 0.25) is 0 Å². The molecule has 78 heavy (non-hydrogen) atoms. The summed E-state index contributed by atoms with van der Waals surface area (Å²) in [6, 6.07) is 65.6. The number of hydrogen-bond donors (Lipinski definition) is 0. The van der Waals surface area contributed by atoms with Crippen molar-refractivity contribution >= 4 is 40.4 Å². The molecule has 0 aliphatic carbocycles. The minimum atomic E-state index is -0.175. The summed E-state index contributed by atoms with van der Waals surface area (Å²) < 4.78 is 0. The van der Waals surface area contributed by atoms with Crippen LogP contribution in [-0.4, -0.2) is 17.7 Å². The summed E-state index contributed by atoms with van der Waals surface area (Å²) in [6.45, 7) is 27.6. The monoisotopic (exact) mass is 1110 g/mol. The molecule has 0 saturated heterocycles. The molecule has 0 atom stereocenters. The molecule has 0 aliphatic heterocycles. The maximum atomic E-state index is 12.4. The molecule has 0 amide bonds. The normalized spacial score (nSPS) is 11.4. The van der Waals surface area contributed by atoms with Gasteiger partial charge in [0.1, 0.15) is 0 Å². The SMILES string of the molecule is CC(C)c1cccc(C(C)C)c1N=C([O-])c1ccccc1.CC(C)c1cccc(C(C)C)c1N=C([O-])c1ccccc1.CC(C)c1cccc(C(C)C)c1N=C([O-])c1ccccc1.Cc1ccccc1.[NH-]c1ccccc1.[Zr+4]. The van der Waals surface area contributed by atoms with Crippen LogP contribution < -0.4 is 15.3 Å². The molecule has 0 radical (unpaired) electrons. The van der Waals surface area contributed by atoms with E-state index in [9.17, 15) is 15.3 Å². The number of nitrogens with zero attached hydrogens (tertiary/aromatic N) is 3. The summed E-state index contributed by atoms with van der Waals surface area (Å²) in [4.78, 5) is 13.3. The molecule has 8 heteroatoms.